The SMILES string of the molecule is CCCCCCCC/C=C\CCCCCCCCCC(=O)OC(COC(=O)CCCCCCCC)COC(=O)CCCCCCCCCCCCCCCCCCCCCCCCCCCCCCCCCCCCC. The molecule has 6 nitrogen and oxygen atoms in total. The van der Waals surface area contributed by atoms with Gasteiger partial charge in [-0.1, -0.05) is 348 Å². The number of unbranched alkanes of at least 4 members (excludes halogenated alkanes) is 52. The number of rotatable bonds is 65. The molecule has 1 unspecified atom stereocenters. The standard InChI is InChI=1S/C70H134O6/c1-4-7-10-13-16-18-20-22-24-26-27-28-29-30-31-32-33-34-35-36-37-38-39-40-41-42-43-45-46-48-50-52-54-57-60-63-69(72)75-66-67(65-74-68(71)62-59-56-15-12-9-6-3)76-70(73)64-61-58-55-53-51-49-47-44-25-23-21-19-17-14-11-8-5-2/h23,25,67H,4-22,24,26-66H2,1-3H3/b25-23-. The molecule has 0 heterocycles. The van der Waals surface area contributed by atoms with Crippen molar-refractivity contribution in [1.82, 2.24) is 0 Å². The zero-order valence-electron chi connectivity index (χ0n) is 51.8. The van der Waals surface area contributed by atoms with Crippen molar-refractivity contribution in [1.29, 1.82) is 0 Å². The van der Waals surface area contributed by atoms with Crippen LogP contribution in [-0.2, 0) is 28.6 Å². The largest absolute Gasteiger partial charge is 0.462 e. The molecule has 0 bridgehead atoms. The van der Waals surface area contributed by atoms with Gasteiger partial charge in [-0.25, -0.2) is 0 Å². The molecule has 0 aliphatic carbocycles. The second-order valence-electron chi connectivity index (χ2n) is 23.8. The van der Waals surface area contributed by atoms with E-state index in [4.69, 9.17) is 14.2 Å². The maximum Gasteiger partial charge on any atom is 0.306 e. The summed E-state index contributed by atoms with van der Waals surface area (Å²) in [6.45, 7) is 6.64. The molecule has 0 aliphatic rings. The van der Waals surface area contributed by atoms with E-state index in [1.165, 1.54) is 302 Å². The number of allylic oxidation sites excluding steroid dienone is 2. The summed E-state index contributed by atoms with van der Waals surface area (Å²) >= 11 is 0. The molecule has 0 N–H and O–H groups in total. The van der Waals surface area contributed by atoms with Crippen molar-refractivity contribution in [3.05, 3.63) is 12.2 Å². The van der Waals surface area contributed by atoms with E-state index in [9.17, 15) is 14.4 Å². The molecule has 0 spiro atoms. The maximum atomic E-state index is 12.8. The van der Waals surface area contributed by atoms with Crippen LogP contribution in [0, 0.1) is 0 Å². The minimum atomic E-state index is -0.766. The predicted molar refractivity (Wildman–Crippen MR) is 330 cm³/mol. The van der Waals surface area contributed by atoms with Crippen molar-refractivity contribution in [2.24, 2.45) is 0 Å². The molecule has 0 aromatic carbocycles. The molecule has 0 radical (unpaired) electrons. The molecule has 76 heavy (non-hydrogen) atoms. The summed E-state index contributed by atoms with van der Waals surface area (Å²) in [6.07, 6.45) is 78.7. The van der Waals surface area contributed by atoms with Gasteiger partial charge >= 0.3 is 17.9 Å². The molecule has 0 saturated carbocycles. The first-order chi connectivity index (χ1) is 37.5. The van der Waals surface area contributed by atoms with Crippen LogP contribution in [0.2, 0.25) is 0 Å². The number of esters is 3. The smallest absolute Gasteiger partial charge is 0.306 e. The van der Waals surface area contributed by atoms with Crippen LogP contribution in [0.3, 0.4) is 0 Å². The summed E-state index contributed by atoms with van der Waals surface area (Å²) in [4.78, 5) is 38.0. The van der Waals surface area contributed by atoms with E-state index >= 15 is 0 Å². The number of hydrogen-bond donors (Lipinski definition) is 0. The first kappa shape index (κ1) is 74.2. The molecule has 0 amide bonds. The molecule has 6 heteroatoms. The summed E-state index contributed by atoms with van der Waals surface area (Å²) in [6, 6.07) is 0. The van der Waals surface area contributed by atoms with Crippen LogP contribution in [-0.4, -0.2) is 37.2 Å². The Hall–Kier alpha value is -1.85. The third-order valence-corrected chi connectivity index (χ3v) is 16.0. The summed E-state index contributed by atoms with van der Waals surface area (Å²) < 4.78 is 16.8. The van der Waals surface area contributed by atoms with Gasteiger partial charge in [0.15, 0.2) is 6.10 Å². The van der Waals surface area contributed by atoms with Crippen molar-refractivity contribution in [3.63, 3.8) is 0 Å². The van der Waals surface area contributed by atoms with E-state index in [0.717, 1.165) is 57.8 Å². The van der Waals surface area contributed by atoms with Crippen LogP contribution in [0.25, 0.3) is 0 Å². The third-order valence-electron chi connectivity index (χ3n) is 16.0. The number of hydrogen-bond acceptors (Lipinski definition) is 6. The Balaban J connectivity index is 3.86. The average molecular weight is 1070 g/mol. The highest BCUT2D eigenvalue weighted by atomic mass is 16.6. The van der Waals surface area contributed by atoms with Gasteiger partial charge in [-0.2, -0.15) is 0 Å². The molecule has 0 rings (SSSR count). The number of carbonyl (C=O) groups excluding carboxylic acids is 3. The zero-order valence-corrected chi connectivity index (χ0v) is 51.8. The fourth-order valence-corrected chi connectivity index (χ4v) is 10.8. The topological polar surface area (TPSA) is 78.9 Å². The first-order valence-corrected chi connectivity index (χ1v) is 34.7. The highest BCUT2D eigenvalue weighted by molar-refractivity contribution is 5.71. The second-order valence-corrected chi connectivity index (χ2v) is 23.8. The Morgan fingerprint density at radius 1 is 0.250 bits per heavy atom. The Labute approximate surface area is 475 Å². The summed E-state index contributed by atoms with van der Waals surface area (Å²) in [5.74, 6) is -0.856. The van der Waals surface area contributed by atoms with Gasteiger partial charge in [-0.3, -0.25) is 14.4 Å². The first-order valence-electron chi connectivity index (χ1n) is 34.7. The zero-order chi connectivity index (χ0) is 55.0. The van der Waals surface area contributed by atoms with Gasteiger partial charge in [0.2, 0.25) is 0 Å². The Morgan fingerprint density at radius 2 is 0.434 bits per heavy atom. The lowest BCUT2D eigenvalue weighted by Gasteiger charge is -2.18. The van der Waals surface area contributed by atoms with Crippen molar-refractivity contribution in [2.45, 2.75) is 406 Å². The van der Waals surface area contributed by atoms with Gasteiger partial charge < -0.3 is 14.2 Å². The van der Waals surface area contributed by atoms with E-state index in [-0.39, 0.29) is 31.1 Å². The van der Waals surface area contributed by atoms with Crippen molar-refractivity contribution in [2.75, 3.05) is 13.2 Å². The quantitative estimate of drug-likeness (QED) is 0.0261. The van der Waals surface area contributed by atoms with Crippen LogP contribution in [0.15, 0.2) is 12.2 Å². The van der Waals surface area contributed by atoms with Crippen molar-refractivity contribution in [3.8, 4) is 0 Å². The van der Waals surface area contributed by atoms with Gasteiger partial charge in [0.05, 0.1) is 0 Å². The van der Waals surface area contributed by atoms with Crippen LogP contribution in [0.4, 0.5) is 0 Å². The highest BCUT2D eigenvalue weighted by Crippen LogP contribution is 2.19. The number of ether oxygens (including phenoxy) is 3. The van der Waals surface area contributed by atoms with Gasteiger partial charge in [0.25, 0.3) is 0 Å². The van der Waals surface area contributed by atoms with Crippen LogP contribution in [0.1, 0.15) is 400 Å². The fraction of sp³-hybridized carbons (Fsp3) is 0.929. The molecule has 0 aromatic heterocycles. The van der Waals surface area contributed by atoms with Gasteiger partial charge in [-0.15, -0.1) is 0 Å². The Kier molecular flexibility index (Phi) is 64.1. The lowest BCUT2D eigenvalue weighted by atomic mass is 10.0. The molecular formula is C70H134O6. The normalized spacial score (nSPS) is 12.0. The lowest BCUT2D eigenvalue weighted by molar-refractivity contribution is -0.167. The van der Waals surface area contributed by atoms with Crippen LogP contribution >= 0.6 is 0 Å². The molecule has 450 valence electrons. The molecule has 0 fully saturated rings. The fourth-order valence-electron chi connectivity index (χ4n) is 10.8. The summed E-state index contributed by atoms with van der Waals surface area (Å²) in [5.41, 5.74) is 0. The van der Waals surface area contributed by atoms with Gasteiger partial charge in [0.1, 0.15) is 13.2 Å². The Morgan fingerprint density at radius 3 is 0.658 bits per heavy atom. The summed E-state index contributed by atoms with van der Waals surface area (Å²) in [7, 11) is 0. The summed E-state index contributed by atoms with van der Waals surface area (Å²) in [5, 5.41) is 0. The highest BCUT2D eigenvalue weighted by Gasteiger charge is 2.19. The van der Waals surface area contributed by atoms with Crippen molar-refractivity contribution < 1.29 is 28.6 Å². The van der Waals surface area contributed by atoms with Crippen molar-refractivity contribution >= 4 is 17.9 Å². The van der Waals surface area contributed by atoms with E-state index in [2.05, 4.69) is 32.9 Å². The van der Waals surface area contributed by atoms with Crippen LogP contribution < -0.4 is 0 Å². The molecule has 0 saturated heterocycles. The third kappa shape index (κ3) is 63.0. The second kappa shape index (κ2) is 65.7. The average Bonchev–Trinajstić information content (AvgIpc) is 3.42. The van der Waals surface area contributed by atoms with E-state index < -0.39 is 6.10 Å². The van der Waals surface area contributed by atoms with Gasteiger partial charge in [0, 0.05) is 19.3 Å². The predicted octanol–water partition coefficient (Wildman–Crippen LogP) is 23.6. The van der Waals surface area contributed by atoms with E-state index in [1.807, 2.05) is 0 Å². The van der Waals surface area contributed by atoms with Crippen LogP contribution in [0.5, 0.6) is 0 Å². The molecule has 0 aliphatic heterocycles. The maximum absolute atomic E-state index is 12.8. The minimum Gasteiger partial charge on any atom is -0.462 e. The molecule has 1 atom stereocenters. The molecule has 0 aromatic rings. The number of carbonyl (C=O) groups is 3. The van der Waals surface area contributed by atoms with Gasteiger partial charge in [-0.05, 0) is 44.9 Å². The lowest BCUT2D eigenvalue weighted by Crippen LogP contribution is -2.30. The Bertz CT molecular complexity index is 1180. The minimum absolute atomic E-state index is 0.0667. The van der Waals surface area contributed by atoms with E-state index in [0.29, 0.717) is 19.3 Å². The van der Waals surface area contributed by atoms with E-state index in [1.54, 1.807) is 0 Å². The molecular weight excluding hydrogens is 937 g/mol. The monoisotopic (exact) mass is 1070 g/mol.